The second-order valence-corrected chi connectivity index (χ2v) is 5.50. The molecule has 0 fully saturated rings. The average Bonchev–Trinajstić information content (AvgIpc) is 3.08. The average molecular weight is 354 g/mol. The number of aryl methyl sites for hydroxylation is 2. The molecule has 136 valence electrons. The molecule has 0 aliphatic carbocycles. The maximum Gasteiger partial charge on any atom is 0.282 e. The van der Waals surface area contributed by atoms with Gasteiger partial charge in [-0.3, -0.25) is 19.0 Å². The zero-order valence-electron chi connectivity index (χ0n) is 14.2. The molecule has 0 unspecified atom stereocenters. The van der Waals surface area contributed by atoms with Crippen molar-refractivity contribution in [1.82, 2.24) is 24.9 Å². The molecular formula is C15H20F2N6O2. The molecule has 2 aromatic rings. The van der Waals surface area contributed by atoms with E-state index in [4.69, 9.17) is 0 Å². The lowest BCUT2D eigenvalue weighted by Crippen LogP contribution is -2.28. The second kappa shape index (κ2) is 7.86. The van der Waals surface area contributed by atoms with Gasteiger partial charge in [0.15, 0.2) is 0 Å². The van der Waals surface area contributed by atoms with Gasteiger partial charge < -0.3 is 10.6 Å². The summed E-state index contributed by atoms with van der Waals surface area (Å²) < 4.78 is 27.9. The largest absolute Gasteiger partial charge is 0.351 e. The van der Waals surface area contributed by atoms with Crippen molar-refractivity contribution < 1.29 is 18.4 Å². The number of alkyl halides is 2. The number of amides is 2. The quantitative estimate of drug-likeness (QED) is 0.790. The molecule has 0 spiro atoms. The van der Waals surface area contributed by atoms with Gasteiger partial charge in [-0.1, -0.05) is 6.92 Å². The lowest BCUT2D eigenvalue weighted by atomic mass is 10.3. The molecule has 0 radical (unpaired) electrons. The Morgan fingerprint density at radius 1 is 1.36 bits per heavy atom. The molecule has 2 aromatic heterocycles. The monoisotopic (exact) mass is 354 g/mol. The van der Waals surface area contributed by atoms with E-state index < -0.39 is 12.3 Å². The van der Waals surface area contributed by atoms with Crippen molar-refractivity contribution in [3.05, 3.63) is 29.3 Å². The van der Waals surface area contributed by atoms with Crippen LogP contribution < -0.4 is 10.6 Å². The number of nitrogens with zero attached hydrogens (tertiary/aromatic N) is 4. The molecule has 0 aliphatic heterocycles. The molecule has 10 heteroatoms. The number of carbonyl (C=O) groups excluding carboxylic acids is 2. The van der Waals surface area contributed by atoms with Gasteiger partial charge in [0.1, 0.15) is 17.9 Å². The van der Waals surface area contributed by atoms with Crippen LogP contribution in [-0.2, 0) is 18.4 Å². The molecule has 0 saturated carbocycles. The van der Waals surface area contributed by atoms with Crippen LogP contribution in [0.3, 0.4) is 0 Å². The molecule has 2 amide bonds. The van der Waals surface area contributed by atoms with Gasteiger partial charge in [-0.05, 0) is 19.4 Å². The van der Waals surface area contributed by atoms with Crippen LogP contribution in [0.15, 0.2) is 12.3 Å². The van der Waals surface area contributed by atoms with Gasteiger partial charge in [-0.2, -0.15) is 10.2 Å². The fourth-order valence-corrected chi connectivity index (χ4v) is 2.25. The summed E-state index contributed by atoms with van der Waals surface area (Å²) in [5.41, 5.74) is 0.524. The first-order valence-corrected chi connectivity index (χ1v) is 7.76. The highest BCUT2D eigenvalue weighted by atomic mass is 19.3. The maximum atomic E-state index is 12.7. The highest BCUT2D eigenvalue weighted by Gasteiger charge is 2.19. The SMILES string of the molecule is CCCNC(=O)c1c(NC(=O)Cn2nc(C(F)F)cc2C)cnn1C. The zero-order valence-corrected chi connectivity index (χ0v) is 14.2. The molecule has 0 saturated heterocycles. The number of nitrogens with one attached hydrogen (secondary N) is 2. The Kier molecular flexibility index (Phi) is 5.84. The van der Waals surface area contributed by atoms with Gasteiger partial charge in [-0.15, -0.1) is 0 Å². The Bertz CT molecular complexity index is 768. The van der Waals surface area contributed by atoms with Crippen LogP contribution in [0.1, 0.15) is 41.6 Å². The smallest absolute Gasteiger partial charge is 0.282 e. The van der Waals surface area contributed by atoms with Crippen molar-refractivity contribution in [2.45, 2.75) is 33.2 Å². The van der Waals surface area contributed by atoms with Gasteiger partial charge >= 0.3 is 0 Å². The Morgan fingerprint density at radius 3 is 2.68 bits per heavy atom. The van der Waals surface area contributed by atoms with E-state index in [-0.39, 0.29) is 29.5 Å². The molecule has 8 nitrogen and oxygen atoms in total. The zero-order chi connectivity index (χ0) is 18.6. The van der Waals surface area contributed by atoms with Crippen LogP contribution in [0.4, 0.5) is 14.5 Å². The lowest BCUT2D eigenvalue weighted by molar-refractivity contribution is -0.117. The van der Waals surface area contributed by atoms with Crippen LogP contribution in [0.25, 0.3) is 0 Å². The van der Waals surface area contributed by atoms with Crippen molar-refractivity contribution in [1.29, 1.82) is 0 Å². The molecule has 0 atom stereocenters. The van der Waals surface area contributed by atoms with Crippen LogP contribution in [-0.4, -0.2) is 37.9 Å². The van der Waals surface area contributed by atoms with Crippen LogP contribution >= 0.6 is 0 Å². The Hall–Kier alpha value is -2.78. The van der Waals surface area contributed by atoms with E-state index in [1.54, 1.807) is 14.0 Å². The topological polar surface area (TPSA) is 93.8 Å². The summed E-state index contributed by atoms with van der Waals surface area (Å²) in [7, 11) is 1.59. The van der Waals surface area contributed by atoms with Gasteiger partial charge in [0, 0.05) is 19.3 Å². The van der Waals surface area contributed by atoms with Gasteiger partial charge in [0.05, 0.1) is 11.9 Å². The highest BCUT2D eigenvalue weighted by Crippen LogP contribution is 2.18. The molecule has 0 aliphatic rings. The van der Waals surface area contributed by atoms with Crippen LogP contribution in [0.2, 0.25) is 0 Å². The van der Waals surface area contributed by atoms with E-state index in [1.165, 1.54) is 21.6 Å². The third-order valence-corrected chi connectivity index (χ3v) is 3.48. The minimum atomic E-state index is -2.70. The van der Waals surface area contributed by atoms with Crippen LogP contribution in [0, 0.1) is 6.92 Å². The number of anilines is 1. The molecule has 25 heavy (non-hydrogen) atoms. The minimum Gasteiger partial charge on any atom is -0.351 e. The first kappa shape index (κ1) is 18.6. The molecule has 2 N–H and O–H groups in total. The first-order chi connectivity index (χ1) is 11.8. The third-order valence-electron chi connectivity index (χ3n) is 3.48. The maximum absolute atomic E-state index is 12.7. The summed E-state index contributed by atoms with van der Waals surface area (Å²) in [4.78, 5) is 24.3. The molecule has 2 heterocycles. The van der Waals surface area contributed by atoms with E-state index in [9.17, 15) is 18.4 Å². The van der Waals surface area contributed by atoms with E-state index in [1.807, 2.05) is 6.92 Å². The standard InChI is InChI=1S/C15H20F2N6O2/c1-4-5-18-15(25)13-11(7-19-22(13)3)20-12(24)8-23-9(2)6-10(21-23)14(16)17/h6-7,14H,4-5,8H2,1-3H3,(H,18,25)(H,20,24). The van der Waals surface area contributed by atoms with Gasteiger partial charge in [-0.25, -0.2) is 8.78 Å². The summed E-state index contributed by atoms with van der Waals surface area (Å²) in [5.74, 6) is -0.850. The summed E-state index contributed by atoms with van der Waals surface area (Å²) >= 11 is 0. The van der Waals surface area contributed by atoms with Crippen LogP contribution in [0.5, 0.6) is 0 Å². The number of carbonyl (C=O) groups is 2. The fraction of sp³-hybridized carbons (Fsp3) is 0.467. The van der Waals surface area contributed by atoms with Crippen molar-refractivity contribution >= 4 is 17.5 Å². The number of hydrogen-bond donors (Lipinski definition) is 2. The first-order valence-electron chi connectivity index (χ1n) is 7.76. The van der Waals surface area contributed by atoms with E-state index in [2.05, 4.69) is 20.8 Å². The molecule has 2 rings (SSSR count). The Morgan fingerprint density at radius 2 is 2.08 bits per heavy atom. The van der Waals surface area contributed by atoms with Crippen molar-refractivity contribution in [2.24, 2.45) is 7.05 Å². The number of rotatable bonds is 7. The highest BCUT2D eigenvalue weighted by molar-refractivity contribution is 6.02. The number of aromatic nitrogens is 4. The van der Waals surface area contributed by atoms with Gasteiger partial charge in [0.2, 0.25) is 5.91 Å². The van der Waals surface area contributed by atoms with Crippen molar-refractivity contribution in [3.8, 4) is 0 Å². The minimum absolute atomic E-state index is 0.215. The van der Waals surface area contributed by atoms with Crippen molar-refractivity contribution in [3.63, 3.8) is 0 Å². The lowest BCUT2D eigenvalue weighted by Gasteiger charge is -2.09. The van der Waals surface area contributed by atoms with Crippen molar-refractivity contribution in [2.75, 3.05) is 11.9 Å². The van der Waals surface area contributed by atoms with E-state index >= 15 is 0 Å². The summed E-state index contributed by atoms with van der Waals surface area (Å²) in [6.45, 7) is 3.76. The Labute approximate surface area is 143 Å². The second-order valence-electron chi connectivity index (χ2n) is 5.50. The summed E-state index contributed by atoms with van der Waals surface area (Å²) in [5, 5.41) is 13.0. The predicted octanol–water partition coefficient (Wildman–Crippen LogP) is 1.64. The number of hydrogen-bond acceptors (Lipinski definition) is 4. The summed E-state index contributed by atoms with van der Waals surface area (Å²) in [6, 6.07) is 1.23. The Balaban J connectivity index is 2.10. The van der Waals surface area contributed by atoms with E-state index in [0.29, 0.717) is 12.2 Å². The normalized spacial score (nSPS) is 11.0. The molecular weight excluding hydrogens is 334 g/mol. The molecule has 0 aromatic carbocycles. The van der Waals surface area contributed by atoms with E-state index in [0.717, 1.165) is 6.42 Å². The van der Waals surface area contributed by atoms with Gasteiger partial charge in [0.25, 0.3) is 12.3 Å². The predicted molar refractivity (Wildman–Crippen MR) is 86.4 cm³/mol. The number of halogens is 2. The fourth-order valence-electron chi connectivity index (χ4n) is 2.25. The molecule has 0 bridgehead atoms. The summed E-state index contributed by atoms with van der Waals surface area (Å²) in [6.07, 6.45) is -0.564. The third kappa shape index (κ3) is 4.40.